The minimum absolute atomic E-state index is 0.0676. The second-order valence-electron chi connectivity index (χ2n) is 5.48. The van der Waals surface area contributed by atoms with Crippen molar-refractivity contribution in [2.45, 2.75) is 39.4 Å². The Morgan fingerprint density at radius 3 is 2.84 bits per heavy atom. The van der Waals surface area contributed by atoms with Crippen molar-refractivity contribution >= 4 is 11.6 Å². The molecule has 102 valence electrons. The Bertz CT molecular complexity index is 544. The maximum Gasteiger partial charge on any atom is 0.0965 e. The molecular formula is C13H18ClN5. The van der Waals surface area contributed by atoms with E-state index in [-0.39, 0.29) is 5.54 Å². The summed E-state index contributed by atoms with van der Waals surface area (Å²) in [6, 6.07) is 1.89. The summed E-state index contributed by atoms with van der Waals surface area (Å²) in [5.74, 6) is 0. The summed E-state index contributed by atoms with van der Waals surface area (Å²) in [6.45, 7) is 7.66. The second kappa shape index (κ2) is 5.67. The molecule has 5 nitrogen and oxygen atoms in total. The van der Waals surface area contributed by atoms with Crippen LogP contribution in [0.25, 0.3) is 0 Å². The topological polar surface area (TPSA) is 55.6 Å². The fourth-order valence-electron chi connectivity index (χ4n) is 1.56. The number of nitrogens with zero attached hydrogens (tertiary/aromatic N) is 4. The number of aromatic nitrogens is 4. The van der Waals surface area contributed by atoms with Gasteiger partial charge in [-0.15, -0.1) is 5.10 Å². The highest BCUT2D eigenvalue weighted by atomic mass is 35.5. The van der Waals surface area contributed by atoms with E-state index in [9.17, 15) is 0 Å². The fourth-order valence-corrected chi connectivity index (χ4v) is 1.74. The van der Waals surface area contributed by atoms with Crippen molar-refractivity contribution in [3.8, 4) is 0 Å². The lowest BCUT2D eigenvalue weighted by atomic mass is 10.1. The number of halogens is 1. The Morgan fingerprint density at radius 2 is 2.16 bits per heavy atom. The Morgan fingerprint density at radius 1 is 1.37 bits per heavy atom. The summed E-state index contributed by atoms with van der Waals surface area (Å²) in [6.07, 6.45) is 5.28. The van der Waals surface area contributed by atoms with E-state index < -0.39 is 0 Å². The van der Waals surface area contributed by atoms with Crippen LogP contribution in [-0.2, 0) is 13.1 Å². The first kappa shape index (κ1) is 14.0. The number of hydrogen-bond acceptors (Lipinski definition) is 4. The van der Waals surface area contributed by atoms with E-state index in [0.29, 0.717) is 18.1 Å². The average Bonchev–Trinajstić information content (AvgIpc) is 2.77. The predicted octanol–water partition coefficient (Wildman–Crippen LogP) is 2.26. The molecule has 0 aliphatic carbocycles. The van der Waals surface area contributed by atoms with Crippen molar-refractivity contribution in [2.75, 3.05) is 0 Å². The molecule has 2 heterocycles. The third-order valence-corrected chi connectivity index (χ3v) is 2.92. The largest absolute Gasteiger partial charge is 0.306 e. The van der Waals surface area contributed by atoms with E-state index in [4.69, 9.17) is 11.6 Å². The molecule has 1 N–H and O–H groups in total. The van der Waals surface area contributed by atoms with Gasteiger partial charge in [0.15, 0.2) is 0 Å². The Kier molecular flexibility index (Phi) is 4.17. The normalized spacial score (nSPS) is 11.8. The number of rotatable bonds is 4. The first-order chi connectivity index (χ1) is 8.94. The molecule has 19 heavy (non-hydrogen) atoms. The van der Waals surface area contributed by atoms with Gasteiger partial charge in [0.2, 0.25) is 0 Å². The van der Waals surface area contributed by atoms with Gasteiger partial charge >= 0.3 is 0 Å². The van der Waals surface area contributed by atoms with Crippen molar-refractivity contribution in [3.63, 3.8) is 0 Å². The van der Waals surface area contributed by atoms with Crippen LogP contribution in [0.1, 0.15) is 32.0 Å². The van der Waals surface area contributed by atoms with Gasteiger partial charge in [0.25, 0.3) is 0 Å². The molecule has 6 heteroatoms. The second-order valence-corrected chi connectivity index (χ2v) is 5.89. The number of pyridine rings is 1. The summed E-state index contributed by atoms with van der Waals surface area (Å²) < 4.78 is 1.78. The van der Waals surface area contributed by atoms with Crippen molar-refractivity contribution in [1.29, 1.82) is 0 Å². The molecule has 0 atom stereocenters. The summed E-state index contributed by atoms with van der Waals surface area (Å²) in [5, 5.41) is 12.3. The third kappa shape index (κ3) is 4.29. The minimum atomic E-state index is 0.0676. The molecule has 2 aromatic rings. The summed E-state index contributed by atoms with van der Waals surface area (Å²) >= 11 is 6.07. The highest BCUT2D eigenvalue weighted by molar-refractivity contribution is 6.31. The maximum atomic E-state index is 6.07. The molecule has 0 saturated carbocycles. The van der Waals surface area contributed by atoms with Gasteiger partial charge in [-0.2, -0.15) is 0 Å². The van der Waals surface area contributed by atoms with Crippen LogP contribution in [0.5, 0.6) is 0 Å². The molecule has 0 aliphatic rings. The van der Waals surface area contributed by atoms with Gasteiger partial charge in [-0.1, -0.05) is 16.8 Å². The molecule has 0 aromatic carbocycles. The average molecular weight is 280 g/mol. The van der Waals surface area contributed by atoms with Crippen molar-refractivity contribution in [3.05, 3.63) is 40.9 Å². The molecule has 0 amide bonds. The van der Waals surface area contributed by atoms with E-state index in [1.54, 1.807) is 17.1 Å². The van der Waals surface area contributed by atoms with E-state index in [1.165, 1.54) is 0 Å². The van der Waals surface area contributed by atoms with E-state index in [0.717, 1.165) is 11.3 Å². The van der Waals surface area contributed by atoms with Crippen LogP contribution in [-0.4, -0.2) is 25.5 Å². The number of nitrogens with one attached hydrogen (secondary N) is 1. The summed E-state index contributed by atoms with van der Waals surface area (Å²) in [5.41, 5.74) is 1.97. The molecule has 0 bridgehead atoms. The zero-order valence-electron chi connectivity index (χ0n) is 11.4. The molecular weight excluding hydrogens is 262 g/mol. The van der Waals surface area contributed by atoms with Crippen molar-refractivity contribution in [1.82, 2.24) is 25.3 Å². The van der Waals surface area contributed by atoms with Crippen LogP contribution >= 0.6 is 11.6 Å². The highest BCUT2D eigenvalue weighted by Gasteiger charge is 2.10. The quantitative estimate of drug-likeness (QED) is 0.933. The van der Waals surface area contributed by atoms with Gasteiger partial charge < -0.3 is 5.32 Å². The molecule has 0 spiro atoms. The maximum absolute atomic E-state index is 6.07. The minimum Gasteiger partial charge on any atom is -0.306 e. The first-order valence-corrected chi connectivity index (χ1v) is 6.54. The van der Waals surface area contributed by atoms with Crippen LogP contribution in [0, 0.1) is 0 Å². The van der Waals surface area contributed by atoms with Crippen LogP contribution in [0.2, 0.25) is 5.02 Å². The lowest BCUT2D eigenvalue weighted by molar-refractivity contribution is 0.421. The van der Waals surface area contributed by atoms with E-state index in [2.05, 4.69) is 41.4 Å². The Hall–Kier alpha value is -1.46. The van der Waals surface area contributed by atoms with Gasteiger partial charge in [-0.3, -0.25) is 4.98 Å². The van der Waals surface area contributed by atoms with Crippen LogP contribution in [0.4, 0.5) is 0 Å². The lowest BCUT2D eigenvalue weighted by Crippen LogP contribution is -2.35. The van der Waals surface area contributed by atoms with E-state index >= 15 is 0 Å². The zero-order chi connectivity index (χ0) is 13.9. The highest BCUT2D eigenvalue weighted by Crippen LogP contribution is 2.14. The SMILES string of the molecule is CC(C)(C)NCc1cn(Cc2ccncc2Cl)nn1. The Labute approximate surface area is 118 Å². The van der Waals surface area contributed by atoms with Gasteiger partial charge in [-0.05, 0) is 32.4 Å². The zero-order valence-corrected chi connectivity index (χ0v) is 12.1. The predicted molar refractivity (Wildman–Crippen MR) is 75.0 cm³/mol. The van der Waals surface area contributed by atoms with Gasteiger partial charge in [0.05, 0.1) is 23.5 Å². The van der Waals surface area contributed by atoms with Crippen LogP contribution in [0.15, 0.2) is 24.7 Å². The van der Waals surface area contributed by atoms with Crippen LogP contribution < -0.4 is 5.32 Å². The molecule has 0 aliphatic heterocycles. The summed E-state index contributed by atoms with van der Waals surface area (Å²) in [7, 11) is 0. The van der Waals surface area contributed by atoms with Crippen molar-refractivity contribution < 1.29 is 0 Å². The van der Waals surface area contributed by atoms with E-state index in [1.807, 2.05) is 12.3 Å². The molecule has 2 rings (SSSR count). The van der Waals surface area contributed by atoms with Crippen LogP contribution in [0.3, 0.4) is 0 Å². The number of hydrogen-bond donors (Lipinski definition) is 1. The van der Waals surface area contributed by atoms with Crippen molar-refractivity contribution in [2.24, 2.45) is 0 Å². The fraction of sp³-hybridized carbons (Fsp3) is 0.462. The Balaban J connectivity index is 2.00. The molecule has 0 fully saturated rings. The van der Waals surface area contributed by atoms with Gasteiger partial charge in [-0.25, -0.2) is 4.68 Å². The summed E-state index contributed by atoms with van der Waals surface area (Å²) in [4.78, 5) is 3.96. The molecule has 0 saturated heterocycles. The third-order valence-electron chi connectivity index (χ3n) is 2.57. The molecule has 0 unspecified atom stereocenters. The molecule has 2 aromatic heterocycles. The monoisotopic (exact) mass is 279 g/mol. The van der Waals surface area contributed by atoms with Gasteiger partial charge in [0, 0.05) is 24.5 Å². The lowest BCUT2D eigenvalue weighted by Gasteiger charge is -2.19. The first-order valence-electron chi connectivity index (χ1n) is 6.16. The molecule has 0 radical (unpaired) electrons. The smallest absolute Gasteiger partial charge is 0.0965 e. The standard InChI is InChI=1S/C13H18ClN5/c1-13(2,3)16-6-11-9-19(18-17-11)8-10-4-5-15-7-12(10)14/h4-5,7,9,16H,6,8H2,1-3H3. The van der Waals surface area contributed by atoms with Gasteiger partial charge in [0.1, 0.15) is 0 Å².